The molecule has 1 heterocycles. The molecule has 1 aliphatic heterocycles. The molecule has 0 radical (unpaired) electrons. The Balaban J connectivity index is 1.75. The van der Waals surface area contributed by atoms with Crippen LogP contribution in [-0.4, -0.2) is 44.2 Å². The first-order valence-corrected chi connectivity index (χ1v) is 7.62. The predicted molar refractivity (Wildman–Crippen MR) is 84.5 cm³/mol. The Morgan fingerprint density at radius 3 is 2.50 bits per heavy atom. The summed E-state index contributed by atoms with van der Waals surface area (Å²) in [4.78, 5) is 2.46. The molecule has 1 aromatic carbocycles. The van der Waals surface area contributed by atoms with Gasteiger partial charge in [0.05, 0.1) is 0 Å². The van der Waals surface area contributed by atoms with Crippen LogP contribution >= 0.6 is 0 Å². The minimum atomic E-state index is 0.205. The van der Waals surface area contributed by atoms with Gasteiger partial charge < -0.3 is 10.1 Å². The number of likely N-dealkylation sites (tertiary alicyclic amines) is 1. The lowest BCUT2D eigenvalue weighted by Crippen LogP contribution is -2.31. The van der Waals surface area contributed by atoms with Crippen molar-refractivity contribution in [2.24, 2.45) is 0 Å². The second kappa shape index (κ2) is 6.59. The topological polar surface area (TPSA) is 24.5 Å². The van der Waals surface area contributed by atoms with Gasteiger partial charge in [-0.25, -0.2) is 0 Å². The number of likely N-dealkylation sites (N-methyl/N-ethyl adjacent to an activating group) is 1. The highest BCUT2D eigenvalue weighted by atomic mass is 16.5. The molecule has 1 aromatic rings. The summed E-state index contributed by atoms with van der Waals surface area (Å²) in [6, 6.07) is 9.16. The molecule has 20 heavy (non-hydrogen) atoms. The van der Waals surface area contributed by atoms with Crippen LogP contribution in [0.3, 0.4) is 0 Å². The van der Waals surface area contributed by atoms with Gasteiger partial charge in [-0.3, -0.25) is 4.90 Å². The summed E-state index contributed by atoms with van der Waals surface area (Å²) in [5, 5.41) is 3.34. The molecular weight excluding hydrogens is 248 g/mol. The minimum Gasteiger partial charge on any atom is -0.492 e. The Bertz CT molecular complexity index is 408. The van der Waals surface area contributed by atoms with Crippen molar-refractivity contribution in [1.29, 1.82) is 0 Å². The van der Waals surface area contributed by atoms with Gasteiger partial charge in [-0.15, -0.1) is 0 Å². The van der Waals surface area contributed by atoms with Gasteiger partial charge in [-0.2, -0.15) is 0 Å². The third kappa shape index (κ3) is 4.22. The van der Waals surface area contributed by atoms with Crippen molar-refractivity contribution in [2.75, 3.05) is 33.3 Å². The van der Waals surface area contributed by atoms with Crippen LogP contribution in [0.4, 0.5) is 0 Å². The number of rotatable bonds is 5. The molecule has 0 spiro atoms. The molecule has 1 N–H and O–H groups in total. The number of ether oxygens (including phenoxy) is 1. The molecule has 3 heteroatoms. The fourth-order valence-electron chi connectivity index (χ4n) is 2.62. The van der Waals surface area contributed by atoms with Crippen LogP contribution in [0.5, 0.6) is 5.75 Å². The van der Waals surface area contributed by atoms with Crippen LogP contribution in [0.2, 0.25) is 0 Å². The molecule has 1 atom stereocenters. The molecule has 1 unspecified atom stereocenters. The zero-order valence-electron chi connectivity index (χ0n) is 13.3. The van der Waals surface area contributed by atoms with Crippen molar-refractivity contribution in [3.63, 3.8) is 0 Å². The predicted octanol–water partition coefficient (Wildman–Crippen LogP) is 2.66. The van der Waals surface area contributed by atoms with Gasteiger partial charge in [0.1, 0.15) is 12.4 Å². The molecule has 1 fully saturated rings. The largest absolute Gasteiger partial charge is 0.492 e. The fraction of sp³-hybridized carbons (Fsp3) is 0.647. The van der Waals surface area contributed by atoms with E-state index in [1.54, 1.807) is 0 Å². The summed E-state index contributed by atoms with van der Waals surface area (Å²) >= 11 is 0. The number of hydrogen-bond acceptors (Lipinski definition) is 3. The summed E-state index contributed by atoms with van der Waals surface area (Å²) in [6.45, 7) is 10.8. The molecule has 1 aliphatic rings. The summed E-state index contributed by atoms with van der Waals surface area (Å²) in [6.07, 6.45) is 1.25. The van der Waals surface area contributed by atoms with E-state index in [2.05, 4.69) is 55.3 Å². The van der Waals surface area contributed by atoms with Crippen molar-refractivity contribution >= 4 is 0 Å². The maximum atomic E-state index is 5.84. The van der Waals surface area contributed by atoms with Gasteiger partial charge >= 0.3 is 0 Å². The first-order valence-electron chi connectivity index (χ1n) is 7.62. The molecule has 0 aliphatic carbocycles. The summed E-state index contributed by atoms with van der Waals surface area (Å²) in [5.74, 6) is 0.974. The van der Waals surface area contributed by atoms with Gasteiger partial charge in [-0.05, 0) is 43.1 Å². The van der Waals surface area contributed by atoms with Gasteiger partial charge in [0.15, 0.2) is 0 Å². The number of benzene rings is 1. The minimum absolute atomic E-state index is 0.205. The van der Waals surface area contributed by atoms with E-state index in [1.807, 2.05) is 7.05 Å². The van der Waals surface area contributed by atoms with Crippen molar-refractivity contribution in [2.45, 2.75) is 38.6 Å². The maximum absolute atomic E-state index is 5.84. The van der Waals surface area contributed by atoms with Crippen LogP contribution < -0.4 is 10.1 Å². The molecule has 0 saturated carbocycles. The van der Waals surface area contributed by atoms with E-state index in [9.17, 15) is 0 Å². The molecule has 0 amide bonds. The Morgan fingerprint density at radius 1 is 1.25 bits per heavy atom. The Hall–Kier alpha value is -1.06. The maximum Gasteiger partial charge on any atom is 0.119 e. The van der Waals surface area contributed by atoms with E-state index >= 15 is 0 Å². The molecule has 112 valence electrons. The van der Waals surface area contributed by atoms with Gasteiger partial charge in [0.2, 0.25) is 0 Å². The number of nitrogens with one attached hydrogen (secondary N) is 1. The van der Waals surface area contributed by atoms with Crippen molar-refractivity contribution in [3.05, 3.63) is 29.8 Å². The van der Waals surface area contributed by atoms with Crippen molar-refractivity contribution < 1.29 is 4.74 Å². The monoisotopic (exact) mass is 276 g/mol. The molecule has 0 aromatic heterocycles. The highest BCUT2D eigenvalue weighted by Crippen LogP contribution is 2.24. The smallest absolute Gasteiger partial charge is 0.119 e. The lowest BCUT2D eigenvalue weighted by molar-refractivity contribution is 0.235. The number of nitrogens with zero attached hydrogens (tertiary/aromatic N) is 1. The Labute approximate surface area is 123 Å². The molecule has 0 bridgehead atoms. The van der Waals surface area contributed by atoms with Crippen molar-refractivity contribution in [3.8, 4) is 5.75 Å². The highest BCUT2D eigenvalue weighted by Gasteiger charge is 2.20. The van der Waals surface area contributed by atoms with E-state index in [4.69, 9.17) is 4.74 Å². The summed E-state index contributed by atoms with van der Waals surface area (Å²) < 4.78 is 5.84. The number of hydrogen-bond donors (Lipinski definition) is 1. The van der Waals surface area contributed by atoms with Gasteiger partial charge in [-0.1, -0.05) is 32.9 Å². The SMILES string of the molecule is CNC1CCN(CCOc2ccc(C(C)(C)C)cc2)C1. The quantitative estimate of drug-likeness (QED) is 0.895. The average molecular weight is 276 g/mol. The second-order valence-electron chi connectivity index (χ2n) is 6.70. The normalized spacial score (nSPS) is 20.3. The van der Waals surface area contributed by atoms with Gasteiger partial charge in [0.25, 0.3) is 0 Å². The molecule has 1 saturated heterocycles. The van der Waals surface area contributed by atoms with Crippen molar-refractivity contribution in [1.82, 2.24) is 10.2 Å². The Kier molecular flexibility index (Phi) is 5.06. The molecule has 2 rings (SSSR count). The summed E-state index contributed by atoms with van der Waals surface area (Å²) in [7, 11) is 2.04. The first-order chi connectivity index (χ1) is 9.49. The molecule has 3 nitrogen and oxygen atoms in total. The highest BCUT2D eigenvalue weighted by molar-refractivity contribution is 5.31. The van der Waals surface area contributed by atoms with E-state index in [-0.39, 0.29) is 5.41 Å². The van der Waals surface area contributed by atoms with E-state index in [1.165, 1.54) is 18.5 Å². The van der Waals surface area contributed by atoms with Crippen LogP contribution in [0.15, 0.2) is 24.3 Å². The van der Waals surface area contributed by atoms with Crippen LogP contribution in [-0.2, 0) is 5.41 Å². The third-order valence-corrected chi connectivity index (χ3v) is 4.08. The lowest BCUT2D eigenvalue weighted by atomic mass is 9.87. The first kappa shape index (κ1) is 15.3. The fourth-order valence-corrected chi connectivity index (χ4v) is 2.62. The second-order valence-corrected chi connectivity index (χ2v) is 6.70. The van der Waals surface area contributed by atoms with E-state index < -0.39 is 0 Å². The average Bonchev–Trinajstić information content (AvgIpc) is 2.86. The standard InChI is InChI=1S/C17H28N2O/c1-17(2,3)14-5-7-16(8-6-14)20-12-11-19-10-9-15(13-19)18-4/h5-8,15,18H,9-13H2,1-4H3. The van der Waals surface area contributed by atoms with Crippen LogP contribution in [0.1, 0.15) is 32.8 Å². The Morgan fingerprint density at radius 2 is 1.95 bits per heavy atom. The zero-order valence-corrected chi connectivity index (χ0v) is 13.3. The lowest BCUT2D eigenvalue weighted by Gasteiger charge is -2.19. The van der Waals surface area contributed by atoms with E-state index in [0.717, 1.165) is 25.4 Å². The van der Waals surface area contributed by atoms with Crippen LogP contribution in [0, 0.1) is 0 Å². The molecular formula is C17H28N2O. The third-order valence-electron chi connectivity index (χ3n) is 4.08. The summed E-state index contributed by atoms with van der Waals surface area (Å²) in [5.41, 5.74) is 1.55. The van der Waals surface area contributed by atoms with Crippen LogP contribution in [0.25, 0.3) is 0 Å². The van der Waals surface area contributed by atoms with Gasteiger partial charge in [0, 0.05) is 19.1 Å². The van der Waals surface area contributed by atoms with E-state index in [0.29, 0.717) is 6.04 Å². The zero-order chi connectivity index (χ0) is 14.6.